The number of piperidine rings is 2. The molecule has 34 heavy (non-hydrogen) atoms. The van der Waals surface area contributed by atoms with Crippen molar-refractivity contribution >= 4 is 15.8 Å². The Morgan fingerprint density at radius 2 is 1.88 bits per heavy atom. The Kier molecular flexibility index (Phi) is 6.05. The minimum Gasteiger partial charge on any atom is -0.304 e. The van der Waals surface area contributed by atoms with Crippen molar-refractivity contribution < 1.29 is 17.6 Å². The summed E-state index contributed by atoms with van der Waals surface area (Å²) < 4.78 is 40.9. The van der Waals surface area contributed by atoms with Crippen molar-refractivity contribution in [1.29, 1.82) is 5.26 Å². The lowest BCUT2D eigenvalue weighted by Gasteiger charge is -2.43. The highest BCUT2D eigenvalue weighted by atomic mass is 32.2. The molecule has 6 rings (SSSR count). The number of hydrogen-bond donors (Lipinski definition) is 1. The molecule has 0 radical (unpaired) electrons. The molecule has 1 N–H and O–H groups in total. The third-order valence-corrected chi connectivity index (χ3v) is 9.53. The minimum absolute atomic E-state index is 0.0658. The molecule has 1 aliphatic carbocycles. The predicted molar refractivity (Wildman–Crippen MR) is 126 cm³/mol. The van der Waals surface area contributed by atoms with Gasteiger partial charge < -0.3 is 5.32 Å². The van der Waals surface area contributed by atoms with Gasteiger partial charge in [0.2, 0.25) is 10.0 Å². The van der Waals surface area contributed by atoms with E-state index >= 15 is 0 Å². The second-order valence-electron chi connectivity index (χ2n) is 9.85. The van der Waals surface area contributed by atoms with E-state index in [0.29, 0.717) is 35.2 Å². The number of halogens is 1. The number of nitriles is 1. The van der Waals surface area contributed by atoms with Crippen molar-refractivity contribution in [2.24, 2.45) is 11.8 Å². The van der Waals surface area contributed by atoms with E-state index in [1.807, 2.05) is 0 Å². The second kappa shape index (κ2) is 8.88. The number of nitrogens with one attached hydrogen (secondary N) is 1. The molecule has 0 unspecified atom stereocenters. The number of Topliss-reactive ketones (excluding diaryl/α,β-unsaturated/α-hetero) is 1. The van der Waals surface area contributed by atoms with Crippen LogP contribution in [0.5, 0.6) is 0 Å². The molecule has 2 saturated heterocycles. The molecule has 3 heterocycles. The Morgan fingerprint density at radius 3 is 2.53 bits per heavy atom. The first kappa shape index (κ1) is 23.2. The number of rotatable bonds is 6. The topological polar surface area (TPSA) is 90.3 Å². The average molecular weight is 482 g/mol. The first-order valence-electron chi connectivity index (χ1n) is 11.8. The summed E-state index contributed by atoms with van der Waals surface area (Å²) in [7, 11) is -1.90. The van der Waals surface area contributed by atoms with E-state index in [1.165, 1.54) is 17.4 Å². The number of benzene rings is 2. The molecule has 178 valence electrons. The van der Waals surface area contributed by atoms with Gasteiger partial charge in [0.05, 0.1) is 22.9 Å². The summed E-state index contributed by atoms with van der Waals surface area (Å²) in [5.41, 5.74) is 2.48. The summed E-state index contributed by atoms with van der Waals surface area (Å²) in [6.07, 6.45) is 4.67. The lowest BCUT2D eigenvalue weighted by atomic mass is 9.74. The Bertz CT molecular complexity index is 1280. The molecule has 0 aromatic heterocycles. The van der Waals surface area contributed by atoms with Crippen LogP contribution in [0.15, 0.2) is 41.3 Å². The highest BCUT2D eigenvalue weighted by Gasteiger charge is 2.39. The lowest BCUT2D eigenvalue weighted by molar-refractivity contribution is -0.125. The molecule has 2 bridgehead atoms. The second-order valence-corrected chi connectivity index (χ2v) is 11.9. The Morgan fingerprint density at radius 1 is 1.18 bits per heavy atom. The quantitative estimate of drug-likeness (QED) is 0.678. The molecular weight excluding hydrogens is 453 g/mol. The Hall–Kier alpha value is -2.60. The summed E-state index contributed by atoms with van der Waals surface area (Å²) in [6, 6.07) is 12.3. The van der Waals surface area contributed by atoms with Crippen molar-refractivity contribution in [1.82, 2.24) is 9.62 Å². The van der Waals surface area contributed by atoms with Crippen LogP contribution in [0.2, 0.25) is 0 Å². The molecule has 3 aliphatic heterocycles. The summed E-state index contributed by atoms with van der Waals surface area (Å²) >= 11 is 0. The van der Waals surface area contributed by atoms with Crippen LogP contribution in [0.25, 0.3) is 11.1 Å². The van der Waals surface area contributed by atoms with E-state index in [4.69, 9.17) is 0 Å². The molecule has 0 amide bonds. The number of nitrogens with zero attached hydrogens (tertiary/aromatic N) is 2. The van der Waals surface area contributed by atoms with Crippen LogP contribution in [0.1, 0.15) is 43.2 Å². The summed E-state index contributed by atoms with van der Waals surface area (Å²) in [5.74, 6) is -0.577. The first-order valence-corrected chi connectivity index (χ1v) is 13.3. The van der Waals surface area contributed by atoms with Gasteiger partial charge in [-0.1, -0.05) is 18.2 Å². The molecule has 4 aliphatic rings. The van der Waals surface area contributed by atoms with Gasteiger partial charge in [-0.25, -0.2) is 12.8 Å². The number of ketones is 1. The van der Waals surface area contributed by atoms with E-state index in [-0.39, 0.29) is 29.6 Å². The van der Waals surface area contributed by atoms with Crippen molar-refractivity contribution in [3.63, 3.8) is 0 Å². The zero-order chi connectivity index (χ0) is 24.0. The van der Waals surface area contributed by atoms with Gasteiger partial charge in [-0.2, -0.15) is 9.57 Å². The van der Waals surface area contributed by atoms with E-state index in [2.05, 4.69) is 11.4 Å². The van der Waals surface area contributed by atoms with Crippen LogP contribution in [0.4, 0.5) is 4.39 Å². The molecule has 0 spiro atoms. The summed E-state index contributed by atoms with van der Waals surface area (Å²) in [5, 5.41) is 13.1. The van der Waals surface area contributed by atoms with Gasteiger partial charge in [-0.15, -0.1) is 0 Å². The van der Waals surface area contributed by atoms with Crippen LogP contribution >= 0.6 is 0 Å². The van der Waals surface area contributed by atoms with Crippen molar-refractivity contribution in [3.8, 4) is 17.2 Å². The molecular formula is C26H28FN3O3S. The fourth-order valence-electron chi connectivity index (χ4n) is 5.68. The normalized spacial score (nSPS) is 26.1. The maximum Gasteiger partial charge on any atom is 0.243 e. The average Bonchev–Trinajstić information content (AvgIpc) is 3.07. The zero-order valence-corrected chi connectivity index (χ0v) is 19.9. The smallest absolute Gasteiger partial charge is 0.243 e. The van der Waals surface area contributed by atoms with Crippen LogP contribution < -0.4 is 5.32 Å². The molecule has 3 fully saturated rings. The van der Waals surface area contributed by atoms with E-state index in [0.717, 1.165) is 31.2 Å². The SMILES string of the molecule is CN1Cc2cc(-c3ccc(C[C@@H](C#N)CC(=O)[C@H]4NC5CCC4CC5)c(F)c3)ccc2S1(=O)=O. The number of carbonyl (C=O) groups is 1. The molecule has 8 heteroatoms. The van der Waals surface area contributed by atoms with Crippen molar-refractivity contribution in [3.05, 3.63) is 53.3 Å². The fourth-order valence-corrected chi connectivity index (χ4v) is 7.02. The lowest BCUT2D eigenvalue weighted by Crippen LogP contribution is -2.56. The largest absolute Gasteiger partial charge is 0.304 e. The van der Waals surface area contributed by atoms with Gasteiger partial charge in [0.25, 0.3) is 0 Å². The van der Waals surface area contributed by atoms with Gasteiger partial charge in [0.15, 0.2) is 5.78 Å². The van der Waals surface area contributed by atoms with Gasteiger partial charge in [0.1, 0.15) is 5.82 Å². The zero-order valence-electron chi connectivity index (χ0n) is 19.1. The van der Waals surface area contributed by atoms with Crippen LogP contribution in [-0.2, 0) is 27.8 Å². The monoisotopic (exact) mass is 481 g/mol. The van der Waals surface area contributed by atoms with Crippen LogP contribution in [0, 0.1) is 29.0 Å². The minimum atomic E-state index is -3.44. The van der Waals surface area contributed by atoms with Gasteiger partial charge in [-0.3, -0.25) is 4.79 Å². The number of fused-ring (bicyclic) bond motifs is 4. The van der Waals surface area contributed by atoms with E-state index in [1.54, 1.807) is 30.3 Å². The Balaban J connectivity index is 1.29. The van der Waals surface area contributed by atoms with Crippen LogP contribution in [0.3, 0.4) is 0 Å². The van der Waals surface area contributed by atoms with Gasteiger partial charge in [0, 0.05) is 26.1 Å². The first-order chi connectivity index (χ1) is 16.3. The molecule has 2 atom stereocenters. The molecule has 6 nitrogen and oxygen atoms in total. The van der Waals surface area contributed by atoms with Crippen molar-refractivity contribution in [2.75, 3.05) is 7.05 Å². The number of sulfonamides is 1. The third-order valence-electron chi connectivity index (χ3n) is 7.63. The third kappa shape index (κ3) is 4.17. The van der Waals surface area contributed by atoms with E-state index in [9.17, 15) is 22.9 Å². The molecule has 1 saturated carbocycles. The van der Waals surface area contributed by atoms with E-state index < -0.39 is 21.8 Å². The number of carbonyl (C=O) groups excluding carboxylic acids is 1. The summed E-state index contributed by atoms with van der Waals surface area (Å²) in [6.45, 7) is 0.293. The summed E-state index contributed by atoms with van der Waals surface area (Å²) in [4.78, 5) is 13.2. The highest BCUT2D eigenvalue weighted by Crippen LogP contribution is 2.35. The predicted octanol–water partition coefficient (Wildman–Crippen LogP) is 3.80. The number of hydrogen-bond acceptors (Lipinski definition) is 5. The molecule has 2 aromatic rings. The van der Waals surface area contributed by atoms with Gasteiger partial charge >= 0.3 is 0 Å². The van der Waals surface area contributed by atoms with Crippen molar-refractivity contribution in [2.45, 2.75) is 62.0 Å². The maximum absolute atomic E-state index is 15.0. The highest BCUT2D eigenvalue weighted by molar-refractivity contribution is 7.89. The standard InChI is InChI=1S/C26H28FN3O3S/c1-30-15-21-12-18(6-9-25(21)34(30,32)33)19-2-3-20(23(27)13-19)10-16(14-28)11-24(31)26-17-4-7-22(29-26)8-5-17/h2-3,6,9,12-13,16-17,22,26,29H,4-5,7-8,10-11,15H2,1H3/t16-,17?,22?,26+/m1/s1. The Labute approximate surface area is 199 Å². The van der Waals surface area contributed by atoms with Crippen LogP contribution in [-0.4, -0.2) is 37.6 Å². The van der Waals surface area contributed by atoms with Gasteiger partial charge in [-0.05, 0) is 78.5 Å². The molecule has 2 aromatic carbocycles. The fraction of sp³-hybridized carbons (Fsp3) is 0.462. The maximum atomic E-state index is 15.0.